The molecule has 0 aliphatic heterocycles. The highest BCUT2D eigenvalue weighted by Crippen LogP contribution is 2.43. The highest BCUT2D eigenvalue weighted by Gasteiger charge is 2.40. The highest BCUT2D eigenvalue weighted by atomic mass is 79.9. The van der Waals surface area contributed by atoms with E-state index in [-0.39, 0.29) is 4.47 Å². The molecule has 0 unspecified atom stereocenters. The Bertz CT molecular complexity index is 338. The first-order valence-electron chi connectivity index (χ1n) is 3.97. The first-order valence-corrected chi connectivity index (χ1v) is 4.76. The summed E-state index contributed by atoms with van der Waals surface area (Å²) >= 11 is 2.81. The molecule has 1 aliphatic carbocycles. The quantitative estimate of drug-likeness (QED) is 0.759. The Kier molecular flexibility index (Phi) is 1.92. The fourth-order valence-corrected chi connectivity index (χ4v) is 1.50. The second-order valence-corrected chi connectivity index (χ2v) is 4.20. The van der Waals surface area contributed by atoms with E-state index in [4.69, 9.17) is 5.73 Å². The molecule has 0 aromatic heterocycles. The lowest BCUT2D eigenvalue weighted by Crippen LogP contribution is -2.19. The summed E-state index contributed by atoms with van der Waals surface area (Å²) < 4.78 is 26.0. The summed E-state index contributed by atoms with van der Waals surface area (Å²) in [6.07, 6.45) is 1.60. The largest absolute Gasteiger partial charge is 0.321 e. The van der Waals surface area contributed by atoms with E-state index in [0.29, 0.717) is 5.56 Å². The molecule has 1 aromatic rings. The summed E-state index contributed by atoms with van der Waals surface area (Å²) in [5.41, 5.74) is 5.87. The monoisotopic (exact) mass is 247 g/mol. The maximum Gasteiger partial charge on any atom is 0.140 e. The topological polar surface area (TPSA) is 26.0 Å². The number of nitrogens with two attached hydrogens (primary N) is 1. The van der Waals surface area contributed by atoms with Crippen LogP contribution in [0.3, 0.4) is 0 Å². The molecule has 2 N–H and O–H groups in total. The number of hydrogen-bond donors (Lipinski definition) is 1. The first kappa shape index (κ1) is 9.09. The predicted molar refractivity (Wildman–Crippen MR) is 49.2 cm³/mol. The standard InChI is InChI=1S/C9H8BrF2N/c10-8-6(11)3-5(4-7(8)12)9(13)1-2-9/h3-4H,1-2,13H2. The van der Waals surface area contributed by atoms with Crippen molar-refractivity contribution in [3.63, 3.8) is 0 Å². The van der Waals surface area contributed by atoms with Crippen LogP contribution in [-0.2, 0) is 5.54 Å². The maximum atomic E-state index is 13.1. The average Bonchev–Trinajstić information content (AvgIpc) is 2.80. The average molecular weight is 248 g/mol. The van der Waals surface area contributed by atoms with Crippen LogP contribution in [0, 0.1) is 11.6 Å². The zero-order chi connectivity index (χ0) is 9.64. The molecule has 13 heavy (non-hydrogen) atoms. The number of benzene rings is 1. The molecule has 1 nitrogen and oxygen atoms in total. The van der Waals surface area contributed by atoms with Crippen molar-refractivity contribution >= 4 is 15.9 Å². The van der Waals surface area contributed by atoms with Crippen LogP contribution in [0.5, 0.6) is 0 Å². The third kappa shape index (κ3) is 1.48. The number of hydrogen-bond acceptors (Lipinski definition) is 1. The molecule has 70 valence electrons. The van der Waals surface area contributed by atoms with Gasteiger partial charge >= 0.3 is 0 Å². The molecule has 0 spiro atoms. The Morgan fingerprint density at radius 1 is 1.23 bits per heavy atom. The van der Waals surface area contributed by atoms with Gasteiger partial charge in [-0.3, -0.25) is 0 Å². The first-order chi connectivity index (χ1) is 6.03. The summed E-state index contributed by atoms with van der Waals surface area (Å²) in [5.74, 6) is -1.18. The van der Waals surface area contributed by atoms with Crippen molar-refractivity contribution in [2.75, 3.05) is 0 Å². The maximum absolute atomic E-state index is 13.1. The van der Waals surface area contributed by atoms with Crippen molar-refractivity contribution in [3.8, 4) is 0 Å². The SMILES string of the molecule is NC1(c2cc(F)c(Br)c(F)c2)CC1. The third-order valence-corrected chi connectivity index (χ3v) is 3.10. The summed E-state index contributed by atoms with van der Waals surface area (Å²) in [5, 5.41) is 0. The van der Waals surface area contributed by atoms with E-state index in [1.807, 2.05) is 0 Å². The van der Waals surface area contributed by atoms with Crippen molar-refractivity contribution in [2.45, 2.75) is 18.4 Å². The fourth-order valence-electron chi connectivity index (χ4n) is 1.27. The van der Waals surface area contributed by atoms with Gasteiger partial charge in [-0.2, -0.15) is 0 Å². The summed E-state index contributed by atoms with van der Waals surface area (Å²) in [6.45, 7) is 0. The number of halogens is 3. The van der Waals surface area contributed by atoms with Gasteiger partial charge in [0.05, 0.1) is 4.47 Å². The molecular weight excluding hydrogens is 240 g/mol. The molecule has 0 atom stereocenters. The van der Waals surface area contributed by atoms with Gasteiger partial charge in [0.15, 0.2) is 0 Å². The van der Waals surface area contributed by atoms with E-state index >= 15 is 0 Å². The van der Waals surface area contributed by atoms with Crippen molar-refractivity contribution in [3.05, 3.63) is 33.8 Å². The van der Waals surface area contributed by atoms with Crippen molar-refractivity contribution < 1.29 is 8.78 Å². The van der Waals surface area contributed by atoms with E-state index in [1.54, 1.807) is 0 Å². The predicted octanol–water partition coefficient (Wildman–Crippen LogP) is 2.68. The summed E-state index contributed by atoms with van der Waals surface area (Å²) in [6, 6.07) is 2.58. The van der Waals surface area contributed by atoms with Crippen LogP contribution < -0.4 is 5.73 Å². The lowest BCUT2D eigenvalue weighted by atomic mass is 10.1. The Labute approximate surface area is 83.1 Å². The van der Waals surface area contributed by atoms with Crippen LogP contribution in [-0.4, -0.2) is 0 Å². The molecular formula is C9H8BrF2N. The van der Waals surface area contributed by atoms with Gasteiger partial charge in [0, 0.05) is 5.54 Å². The zero-order valence-electron chi connectivity index (χ0n) is 6.78. The van der Waals surface area contributed by atoms with Crippen LogP contribution in [0.25, 0.3) is 0 Å². The molecule has 4 heteroatoms. The Morgan fingerprint density at radius 3 is 2.08 bits per heavy atom. The lowest BCUT2D eigenvalue weighted by Gasteiger charge is -2.09. The molecule has 0 heterocycles. The number of rotatable bonds is 1. The van der Waals surface area contributed by atoms with Gasteiger partial charge in [-0.1, -0.05) is 0 Å². The molecule has 1 aliphatic rings. The normalized spacial score (nSPS) is 18.8. The minimum atomic E-state index is -0.591. The molecule has 0 amide bonds. The van der Waals surface area contributed by atoms with E-state index in [0.717, 1.165) is 12.8 Å². The van der Waals surface area contributed by atoms with Crippen molar-refractivity contribution in [2.24, 2.45) is 5.73 Å². The molecule has 1 fully saturated rings. The fraction of sp³-hybridized carbons (Fsp3) is 0.333. The second kappa shape index (κ2) is 2.75. The lowest BCUT2D eigenvalue weighted by molar-refractivity contribution is 0.561. The minimum absolute atomic E-state index is 0.125. The molecule has 1 saturated carbocycles. The molecule has 1 aromatic carbocycles. The van der Waals surface area contributed by atoms with Crippen LogP contribution in [0.15, 0.2) is 16.6 Å². The van der Waals surface area contributed by atoms with Gasteiger partial charge in [0.25, 0.3) is 0 Å². The van der Waals surface area contributed by atoms with Gasteiger partial charge in [-0.15, -0.1) is 0 Å². The smallest absolute Gasteiger partial charge is 0.140 e. The molecule has 0 radical (unpaired) electrons. The molecule has 0 bridgehead atoms. The van der Waals surface area contributed by atoms with E-state index < -0.39 is 17.2 Å². The van der Waals surface area contributed by atoms with E-state index in [1.165, 1.54) is 12.1 Å². The van der Waals surface area contributed by atoms with Crippen molar-refractivity contribution in [1.82, 2.24) is 0 Å². The summed E-state index contributed by atoms with van der Waals surface area (Å²) in [7, 11) is 0. The van der Waals surface area contributed by atoms with Crippen LogP contribution in [0.4, 0.5) is 8.78 Å². The van der Waals surface area contributed by atoms with Gasteiger partial charge in [0.2, 0.25) is 0 Å². The summed E-state index contributed by atoms with van der Waals surface area (Å²) in [4.78, 5) is 0. The van der Waals surface area contributed by atoms with Gasteiger partial charge in [0.1, 0.15) is 11.6 Å². The van der Waals surface area contributed by atoms with Crippen LogP contribution in [0.2, 0.25) is 0 Å². The van der Waals surface area contributed by atoms with Gasteiger partial charge in [-0.25, -0.2) is 8.78 Å². The highest BCUT2D eigenvalue weighted by molar-refractivity contribution is 9.10. The van der Waals surface area contributed by atoms with Gasteiger partial charge < -0.3 is 5.73 Å². The third-order valence-electron chi connectivity index (χ3n) is 2.35. The Balaban J connectivity index is 2.50. The Morgan fingerprint density at radius 2 is 1.69 bits per heavy atom. The van der Waals surface area contributed by atoms with Crippen LogP contribution in [0.1, 0.15) is 18.4 Å². The van der Waals surface area contributed by atoms with Gasteiger partial charge in [-0.05, 0) is 46.5 Å². The minimum Gasteiger partial charge on any atom is -0.321 e. The second-order valence-electron chi connectivity index (χ2n) is 3.41. The van der Waals surface area contributed by atoms with E-state index in [2.05, 4.69) is 15.9 Å². The molecule has 2 rings (SSSR count). The Hall–Kier alpha value is -0.480. The molecule has 0 saturated heterocycles. The van der Waals surface area contributed by atoms with E-state index in [9.17, 15) is 8.78 Å². The van der Waals surface area contributed by atoms with Crippen LogP contribution >= 0.6 is 15.9 Å². The zero-order valence-corrected chi connectivity index (χ0v) is 8.37. The van der Waals surface area contributed by atoms with Crippen molar-refractivity contribution in [1.29, 1.82) is 0 Å².